The molecule has 0 saturated carbocycles. The minimum absolute atomic E-state index is 0.0781. The number of para-hydroxylation sites is 4. The zero-order chi connectivity index (χ0) is 29.6. The van der Waals surface area contributed by atoms with E-state index in [1.807, 2.05) is 0 Å². The van der Waals surface area contributed by atoms with Crippen LogP contribution in [-0.4, -0.2) is 6.04 Å². The molecule has 6 aromatic rings. The van der Waals surface area contributed by atoms with Gasteiger partial charge in [-0.2, -0.15) is 0 Å². The van der Waals surface area contributed by atoms with E-state index in [0.29, 0.717) is 0 Å². The first-order valence-corrected chi connectivity index (χ1v) is 15.5. The van der Waals surface area contributed by atoms with Crippen molar-refractivity contribution in [1.82, 2.24) is 0 Å². The molecule has 1 atom stereocenters. The molecule has 0 radical (unpaired) electrons. The molecule has 0 amide bonds. The van der Waals surface area contributed by atoms with Crippen LogP contribution in [0.5, 0.6) is 0 Å². The van der Waals surface area contributed by atoms with E-state index >= 15 is 0 Å². The van der Waals surface area contributed by atoms with E-state index in [9.17, 15) is 0 Å². The zero-order valence-electron chi connectivity index (χ0n) is 25.1. The van der Waals surface area contributed by atoms with Crippen LogP contribution in [0.2, 0.25) is 0 Å². The van der Waals surface area contributed by atoms with Crippen LogP contribution in [0.1, 0.15) is 29.2 Å². The monoisotopic (exact) mass is 566 g/mol. The summed E-state index contributed by atoms with van der Waals surface area (Å²) in [6.07, 6.45) is 5.87. The van der Waals surface area contributed by atoms with Crippen molar-refractivity contribution in [3.8, 4) is 0 Å². The minimum atomic E-state index is 0.0781. The van der Waals surface area contributed by atoms with E-state index in [-0.39, 0.29) is 6.04 Å². The van der Waals surface area contributed by atoms with Gasteiger partial charge >= 0.3 is 0 Å². The van der Waals surface area contributed by atoms with Crippen molar-refractivity contribution in [3.05, 3.63) is 174 Å². The third kappa shape index (κ3) is 4.26. The number of aryl methyl sites for hydroxylation is 1. The smallest absolute Gasteiger partial charge is 0.0784 e. The Bertz CT molecular complexity index is 1960. The average Bonchev–Trinajstić information content (AvgIpc) is 3.08. The SMILES string of the molecule is CC1=CC(N(c2ccccc2)c2ccccc2)C2=CCc3c(C)cc(N(c4ccccc4)c4ccccc4)c4ccc1c2c34. The number of hydrogen-bond donors (Lipinski definition) is 0. The second-order valence-corrected chi connectivity index (χ2v) is 11.8. The number of anilines is 5. The third-order valence-corrected chi connectivity index (χ3v) is 9.20. The van der Waals surface area contributed by atoms with Gasteiger partial charge < -0.3 is 9.80 Å². The van der Waals surface area contributed by atoms with Crippen molar-refractivity contribution in [2.75, 3.05) is 9.80 Å². The molecule has 212 valence electrons. The summed E-state index contributed by atoms with van der Waals surface area (Å²) in [5.74, 6) is 0. The van der Waals surface area contributed by atoms with Crippen LogP contribution in [0.25, 0.3) is 21.9 Å². The molecule has 0 heterocycles. The van der Waals surface area contributed by atoms with Gasteiger partial charge in [0, 0.05) is 28.1 Å². The van der Waals surface area contributed by atoms with E-state index in [0.717, 1.165) is 17.8 Å². The summed E-state index contributed by atoms with van der Waals surface area (Å²) in [4.78, 5) is 4.92. The Labute approximate surface area is 259 Å². The molecule has 1 unspecified atom stereocenters. The first-order chi connectivity index (χ1) is 21.7. The summed E-state index contributed by atoms with van der Waals surface area (Å²) in [6, 6.07) is 50.3. The molecule has 0 bridgehead atoms. The predicted molar refractivity (Wildman–Crippen MR) is 188 cm³/mol. The quantitative estimate of drug-likeness (QED) is 0.198. The number of nitrogens with zero attached hydrogens (tertiary/aromatic N) is 2. The lowest BCUT2D eigenvalue weighted by Crippen LogP contribution is -2.33. The van der Waals surface area contributed by atoms with E-state index in [4.69, 9.17) is 0 Å². The lowest BCUT2D eigenvalue weighted by atomic mass is 9.75. The third-order valence-electron chi connectivity index (χ3n) is 9.20. The maximum Gasteiger partial charge on any atom is 0.0784 e. The molecule has 2 nitrogen and oxygen atoms in total. The van der Waals surface area contributed by atoms with Gasteiger partial charge in [0.05, 0.1) is 11.7 Å². The topological polar surface area (TPSA) is 6.48 Å². The highest BCUT2D eigenvalue weighted by atomic mass is 15.2. The molecule has 8 rings (SSSR count). The van der Waals surface area contributed by atoms with Crippen molar-refractivity contribution >= 4 is 50.4 Å². The lowest BCUT2D eigenvalue weighted by Gasteiger charge is -2.39. The number of benzene rings is 6. The maximum absolute atomic E-state index is 2.50. The Balaban J connectivity index is 1.38. The molecule has 2 aliphatic rings. The summed E-state index contributed by atoms with van der Waals surface area (Å²) in [6.45, 7) is 4.56. The largest absolute Gasteiger partial charge is 0.330 e. The lowest BCUT2D eigenvalue weighted by molar-refractivity contribution is 0.944. The fourth-order valence-electron chi connectivity index (χ4n) is 7.21. The van der Waals surface area contributed by atoms with Crippen LogP contribution >= 0.6 is 0 Å². The second kappa shape index (κ2) is 10.7. The highest BCUT2D eigenvalue weighted by Crippen LogP contribution is 2.50. The van der Waals surface area contributed by atoms with Crippen molar-refractivity contribution in [3.63, 3.8) is 0 Å². The van der Waals surface area contributed by atoms with Crippen LogP contribution in [0.15, 0.2) is 152 Å². The highest BCUT2D eigenvalue weighted by molar-refractivity contribution is 6.11. The molecule has 0 spiro atoms. The van der Waals surface area contributed by atoms with Crippen molar-refractivity contribution in [1.29, 1.82) is 0 Å². The summed E-state index contributed by atoms with van der Waals surface area (Å²) in [5.41, 5.74) is 14.1. The Hall–Kier alpha value is -5.34. The van der Waals surface area contributed by atoms with Gasteiger partial charge in [-0.25, -0.2) is 0 Å². The van der Waals surface area contributed by atoms with E-state index in [2.05, 4.69) is 175 Å². The summed E-state index contributed by atoms with van der Waals surface area (Å²) in [5, 5.41) is 2.69. The first-order valence-electron chi connectivity index (χ1n) is 15.5. The molecule has 44 heavy (non-hydrogen) atoms. The highest BCUT2D eigenvalue weighted by Gasteiger charge is 2.33. The van der Waals surface area contributed by atoms with Gasteiger partial charge in [0.2, 0.25) is 0 Å². The number of allylic oxidation sites excluding steroid dienone is 2. The van der Waals surface area contributed by atoms with Crippen LogP contribution in [0.4, 0.5) is 28.4 Å². The van der Waals surface area contributed by atoms with Crippen molar-refractivity contribution in [2.24, 2.45) is 0 Å². The summed E-state index contributed by atoms with van der Waals surface area (Å²) in [7, 11) is 0. The summed E-state index contributed by atoms with van der Waals surface area (Å²) < 4.78 is 0. The van der Waals surface area contributed by atoms with Gasteiger partial charge in [0.15, 0.2) is 0 Å². The molecular formula is C42H34N2. The average molecular weight is 567 g/mol. The second-order valence-electron chi connectivity index (χ2n) is 11.8. The molecular weight excluding hydrogens is 532 g/mol. The molecule has 0 fully saturated rings. The minimum Gasteiger partial charge on any atom is -0.330 e. The van der Waals surface area contributed by atoms with Gasteiger partial charge in [-0.15, -0.1) is 0 Å². The Kier molecular flexibility index (Phi) is 6.42. The van der Waals surface area contributed by atoms with Crippen molar-refractivity contribution < 1.29 is 0 Å². The van der Waals surface area contributed by atoms with E-state index < -0.39 is 0 Å². The molecule has 2 heteroatoms. The van der Waals surface area contributed by atoms with Gasteiger partial charge in [0.25, 0.3) is 0 Å². The Morgan fingerprint density at radius 3 is 1.66 bits per heavy atom. The van der Waals surface area contributed by atoms with Crippen LogP contribution in [0, 0.1) is 6.92 Å². The Morgan fingerprint density at radius 1 is 0.591 bits per heavy atom. The van der Waals surface area contributed by atoms with E-state index in [1.165, 1.54) is 61.2 Å². The molecule has 0 saturated heterocycles. The first kappa shape index (κ1) is 26.3. The fourth-order valence-corrected chi connectivity index (χ4v) is 7.21. The van der Waals surface area contributed by atoms with Gasteiger partial charge in [-0.1, -0.05) is 97.1 Å². The standard InChI is InChI=1S/C42H34N2/c1-29-27-39(43(31-15-7-3-8-16-31)32-17-9-4-10-18-32)37-26-24-36-30(2)28-40(38-25-23-35(29)41(37)42(36)38)44(33-19-11-5-12-20-33)34-21-13-6-14-22-34/h3-23,25-28,39H,24H2,1-2H3. The predicted octanol–water partition coefficient (Wildman–Crippen LogP) is 11.2. The summed E-state index contributed by atoms with van der Waals surface area (Å²) >= 11 is 0. The van der Waals surface area contributed by atoms with Crippen LogP contribution < -0.4 is 9.80 Å². The van der Waals surface area contributed by atoms with Crippen molar-refractivity contribution in [2.45, 2.75) is 26.3 Å². The number of hydrogen-bond acceptors (Lipinski definition) is 2. The van der Waals surface area contributed by atoms with Crippen LogP contribution in [0.3, 0.4) is 0 Å². The molecule has 0 N–H and O–H groups in total. The number of rotatable bonds is 6. The normalized spacial score (nSPS) is 15.0. The molecule has 2 aliphatic carbocycles. The zero-order valence-corrected chi connectivity index (χ0v) is 25.1. The van der Waals surface area contributed by atoms with Gasteiger partial charge in [-0.3, -0.25) is 0 Å². The molecule has 0 aliphatic heterocycles. The van der Waals surface area contributed by atoms with Crippen LogP contribution in [-0.2, 0) is 6.42 Å². The molecule has 0 aromatic heterocycles. The van der Waals surface area contributed by atoms with Gasteiger partial charge in [0.1, 0.15) is 0 Å². The molecule has 6 aromatic carbocycles. The van der Waals surface area contributed by atoms with Gasteiger partial charge in [-0.05, 0) is 114 Å². The Morgan fingerprint density at radius 2 is 1.11 bits per heavy atom. The van der Waals surface area contributed by atoms with E-state index in [1.54, 1.807) is 0 Å². The fraction of sp³-hybridized carbons (Fsp3) is 0.0952. The maximum atomic E-state index is 2.50.